The summed E-state index contributed by atoms with van der Waals surface area (Å²) in [6.45, 7) is 8.13. The molecule has 2 amide bonds. The van der Waals surface area contributed by atoms with Gasteiger partial charge in [0.25, 0.3) is 0 Å². The third-order valence-electron chi connectivity index (χ3n) is 4.35. The molecule has 3 rings (SSSR count). The Hall–Kier alpha value is -3.09. The number of hydrogen-bond donors (Lipinski definition) is 3. The lowest BCUT2D eigenvalue weighted by atomic mass is 10.1. The normalized spacial score (nSPS) is 10.9. The summed E-state index contributed by atoms with van der Waals surface area (Å²) in [5.74, 6) is 0.588. The van der Waals surface area contributed by atoms with Crippen molar-refractivity contribution < 1.29 is 4.79 Å². The highest BCUT2D eigenvalue weighted by atomic mass is 16.2. The van der Waals surface area contributed by atoms with Crippen LogP contribution >= 0.6 is 0 Å². The predicted octanol–water partition coefficient (Wildman–Crippen LogP) is 3.99. The first-order chi connectivity index (χ1) is 12.9. The van der Waals surface area contributed by atoms with Crippen LogP contribution in [0.2, 0.25) is 0 Å². The van der Waals surface area contributed by atoms with Gasteiger partial charge < -0.3 is 5.32 Å². The number of rotatable bonds is 5. The van der Waals surface area contributed by atoms with Crippen LogP contribution in [-0.2, 0) is 13.5 Å². The molecule has 3 N–H and O–H groups in total. The Morgan fingerprint density at radius 1 is 1.11 bits per heavy atom. The number of fused-ring (bicyclic) bond motifs is 1. The van der Waals surface area contributed by atoms with Crippen molar-refractivity contribution in [1.29, 1.82) is 0 Å². The molecule has 7 heteroatoms. The molecule has 0 radical (unpaired) electrons. The number of carbonyl (C=O) groups is 1. The van der Waals surface area contributed by atoms with E-state index < -0.39 is 0 Å². The highest BCUT2D eigenvalue weighted by Gasteiger charge is 2.13. The van der Waals surface area contributed by atoms with Gasteiger partial charge in [0.2, 0.25) is 0 Å². The van der Waals surface area contributed by atoms with Gasteiger partial charge in [0.15, 0.2) is 5.65 Å². The van der Waals surface area contributed by atoms with Crippen molar-refractivity contribution in [3.8, 4) is 0 Å². The fraction of sp³-hybridized carbons (Fsp3) is 0.350. The molecule has 2 heterocycles. The zero-order chi connectivity index (χ0) is 19.6. The number of carbonyl (C=O) groups excluding carboxylic acids is 1. The molecule has 0 saturated heterocycles. The topological polar surface area (TPSA) is 83.9 Å². The fourth-order valence-electron chi connectivity index (χ4n) is 3.39. The molecule has 142 valence electrons. The fourth-order valence-corrected chi connectivity index (χ4v) is 3.39. The van der Waals surface area contributed by atoms with Crippen LogP contribution in [0.5, 0.6) is 0 Å². The number of hydrogen-bond acceptors (Lipinski definition) is 4. The molecule has 0 fully saturated rings. The van der Waals surface area contributed by atoms with Crippen LogP contribution < -0.4 is 16.2 Å². The number of hydrazine groups is 1. The van der Waals surface area contributed by atoms with Crippen LogP contribution in [-0.4, -0.2) is 20.8 Å². The molecule has 1 aromatic carbocycles. The summed E-state index contributed by atoms with van der Waals surface area (Å²) in [4.78, 5) is 16.8. The van der Waals surface area contributed by atoms with Gasteiger partial charge in [0, 0.05) is 18.1 Å². The molecule has 27 heavy (non-hydrogen) atoms. The second kappa shape index (κ2) is 7.65. The van der Waals surface area contributed by atoms with E-state index in [4.69, 9.17) is 0 Å². The van der Waals surface area contributed by atoms with Gasteiger partial charge >= 0.3 is 6.03 Å². The lowest BCUT2D eigenvalue weighted by molar-refractivity contribution is 0.254. The summed E-state index contributed by atoms with van der Waals surface area (Å²) in [6, 6.07) is 7.53. The Balaban J connectivity index is 1.76. The smallest absolute Gasteiger partial charge is 0.307 e. The van der Waals surface area contributed by atoms with Crippen molar-refractivity contribution in [2.45, 2.75) is 40.5 Å². The maximum Gasteiger partial charge on any atom is 0.337 e. The van der Waals surface area contributed by atoms with E-state index in [-0.39, 0.29) is 6.03 Å². The molecule has 0 saturated carbocycles. The minimum Gasteiger partial charge on any atom is -0.307 e. The van der Waals surface area contributed by atoms with Crippen LogP contribution in [0, 0.1) is 20.8 Å². The minimum atomic E-state index is -0.347. The van der Waals surface area contributed by atoms with Gasteiger partial charge in [-0.2, -0.15) is 5.10 Å². The summed E-state index contributed by atoms with van der Waals surface area (Å²) < 4.78 is 1.77. The monoisotopic (exact) mass is 366 g/mol. The first kappa shape index (κ1) is 18.7. The molecule has 0 spiro atoms. The molecule has 2 aromatic heterocycles. The molecule has 0 aliphatic carbocycles. The molecule has 0 atom stereocenters. The van der Waals surface area contributed by atoms with E-state index in [9.17, 15) is 4.79 Å². The lowest BCUT2D eigenvalue weighted by Crippen LogP contribution is -2.34. The number of nitrogens with zero attached hydrogens (tertiary/aromatic N) is 3. The first-order valence-electron chi connectivity index (χ1n) is 9.12. The summed E-state index contributed by atoms with van der Waals surface area (Å²) in [6.07, 6.45) is 1.95. The molecule has 3 aromatic rings. The standard InChI is InChI=1S/C20H26N6O/c1-6-7-15-11-17(22-19-18(15)14(4)25-26(19)5)23-24-20(27)21-16-9-12(2)8-13(3)10-16/h8-11H,6-7H2,1-5H3,(H,22,23)(H2,21,24,27). The first-order valence-corrected chi connectivity index (χ1v) is 9.12. The largest absolute Gasteiger partial charge is 0.337 e. The number of aromatic nitrogens is 3. The van der Waals surface area contributed by atoms with Gasteiger partial charge in [-0.25, -0.2) is 9.78 Å². The number of urea groups is 1. The third kappa shape index (κ3) is 4.19. The minimum absolute atomic E-state index is 0.347. The van der Waals surface area contributed by atoms with Crippen molar-refractivity contribution in [1.82, 2.24) is 20.2 Å². The van der Waals surface area contributed by atoms with Gasteiger partial charge in [0.1, 0.15) is 5.82 Å². The highest BCUT2D eigenvalue weighted by Crippen LogP contribution is 2.24. The van der Waals surface area contributed by atoms with Crippen LogP contribution in [0.1, 0.15) is 35.7 Å². The van der Waals surface area contributed by atoms with Crippen molar-refractivity contribution in [3.05, 3.63) is 46.6 Å². The summed E-state index contributed by atoms with van der Waals surface area (Å²) in [7, 11) is 1.88. The van der Waals surface area contributed by atoms with Gasteiger partial charge in [0.05, 0.1) is 5.69 Å². The Morgan fingerprint density at radius 3 is 2.48 bits per heavy atom. The Kier molecular flexibility index (Phi) is 5.30. The third-order valence-corrected chi connectivity index (χ3v) is 4.35. The maximum atomic E-state index is 12.2. The van der Waals surface area contributed by atoms with E-state index in [2.05, 4.69) is 39.2 Å². The van der Waals surface area contributed by atoms with Crippen LogP contribution in [0.3, 0.4) is 0 Å². The molecule has 0 bridgehead atoms. The Bertz CT molecular complexity index is 972. The second-order valence-electron chi connectivity index (χ2n) is 6.90. The van der Waals surface area contributed by atoms with E-state index >= 15 is 0 Å². The van der Waals surface area contributed by atoms with Crippen molar-refractivity contribution in [2.24, 2.45) is 7.05 Å². The van der Waals surface area contributed by atoms with Crippen LogP contribution in [0.15, 0.2) is 24.3 Å². The molecule has 7 nitrogen and oxygen atoms in total. The highest BCUT2D eigenvalue weighted by molar-refractivity contribution is 5.90. The number of amides is 2. The van der Waals surface area contributed by atoms with Gasteiger partial charge in [-0.05, 0) is 62.1 Å². The molecule has 0 aliphatic heterocycles. The second-order valence-corrected chi connectivity index (χ2v) is 6.90. The Morgan fingerprint density at radius 2 is 1.81 bits per heavy atom. The van der Waals surface area contributed by atoms with Crippen LogP contribution in [0.4, 0.5) is 16.3 Å². The lowest BCUT2D eigenvalue weighted by Gasteiger charge is -2.12. The van der Waals surface area contributed by atoms with E-state index in [1.807, 2.05) is 46.0 Å². The summed E-state index contributed by atoms with van der Waals surface area (Å²) >= 11 is 0. The zero-order valence-electron chi connectivity index (χ0n) is 16.5. The molecular formula is C20H26N6O. The quantitative estimate of drug-likeness (QED) is 0.596. The van der Waals surface area contributed by atoms with E-state index in [0.29, 0.717) is 5.82 Å². The SMILES string of the molecule is CCCc1cc(NNC(=O)Nc2cc(C)cc(C)c2)nc2c1c(C)nn2C. The maximum absolute atomic E-state index is 12.2. The summed E-state index contributed by atoms with van der Waals surface area (Å²) in [5, 5.41) is 8.38. The van der Waals surface area contributed by atoms with E-state index in [1.165, 1.54) is 5.56 Å². The molecular weight excluding hydrogens is 340 g/mol. The number of benzene rings is 1. The van der Waals surface area contributed by atoms with Crippen molar-refractivity contribution in [2.75, 3.05) is 10.7 Å². The molecule has 0 aliphatic rings. The average Bonchev–Trinajstić information content (AvgIpc) is 2.87. The van der Waals surface area contributed by atoms with E-state index in [1.54, 1.807) is 4.68 Å². The number of aryl methyl sites for hydroxylation is 5. The molecule has 0 unspecified atom stereocenters. The van der Waals surface area contributed by atoms with Crippen LogP contribution in [0.25, 0.3) is 11.0 Å². The average molecular weight is 366 g/mol. The van der Waals surface area contributed by atoms with Gasteiger partial charge in [-0.15, -0.1) is 0 Å². The van der Waals surface area contributed by atoms with Gasteiger partial charge in [-0.1, -0.05) is 19.4 Å². The van der Waals surface area contributed by atoms with Gasteiger partial charge in [-0.3, -0.25) is 15.5 Å². The number of pyridine rings is 1. The number of anilines is 2. The van der Waals surface area contributed by atoms with Crippen molar-refractivity contribution >= 4 is 28.6 Å². The zero-order valence-corrected chi connectivity index (χ0v) is 16.5. The summed E-state index contributed by atoms with van der Waals surface area (Å²) in [5.41, 5.74) is 11.5. The Labute approximate surface area is 159 Å². The predicted molar refractivity (Wildman–Crippen MR) is 109 cm³/mol. The van der Waals surface area contributed by atoms with Crippen molar-refractivity contribution in [3.63, 3.8) is 0 Å². The number of nitrogens with one attached hydrogen (secondary N) is 3. The van der Waals surface area contributed by atoms with E-state index in [0.717, 1.165) is 46.4 Å².